The summed E-state index contributed by atoms with van der Waals surface area (Å²) in [5.41, 5.74) is 3.99. The van der Waals surface area contributed by atoms with E-state index >= 15 is 0 Å². The van der Waals surface area contributed by atoms with Gasteiger partial charge in [0.25, 0.3) is 0 Å². The van der Waals surface area contributed by atoms with E-state index in [2.05, 4.69) is 52.1 Å². The van der Waals surface area contributed by atoms with Crippen molar-refractivity contribution in [2.45, 2.75) is 26.8 Å². The Bertz CT molecular complexity index is 642. The molecule has 0 saturated carbocycles. The van der Waals surface area contributed by atoms with E-state index in [9.17, 15) is 4.79 Å². The average Bonchev–Trinajstić information content (AvgIpc) is 2.47. The minimum atomic E-state index is 0.104. The predicted molar refractivity (Wildman–Crippen MR) is 91.1 cm³/mol. The molecule has 0 saturated heterocycles. The van der Waals surface area contributed by atoms with Gasteiger partial charge in [0.2, 0.25) is 0 Å². The minimum Gasteiger partial charge on any atom is -0.294 e. The third-order valence-electron chi connectivity index (χ3n) is 3.23. The first-order chi connectivity index (χ1) is 10.0. The van der Waals surface area contributed by atoms with Crippen LogP contribution >= 0.6 is 15.9 Å². The van der Waals surface area contributed by atoms with Gasteiger partial charge >= 0.3 is 0 Å². The summed E-state index contributed by atoms with van der Waals surface area (Å²) in [6, 6.07) is 15.7. The highest BCUT2D eigenvalue weighted by molar-refractivity contribution is 9.10. The van der Waals surface area contributed by atoms with Crippen LogP contribution in [0.25, 0.3) is 0 Å². The number of benzene rings is 2. The number of Topliss-reactive ketones (excluding diaryl/α,β-unsaturated/α-hetero) is 1. The van der Waals surface area contributed by atoms with Gasteiger partial charge in [-0.25, -0.2) is 0 Å². The van der Waals surface area contributed by atoms with E-state index in [1.807, 2.05) is 31.2 Å². The van der Waals surface area contributed by atoms with Gasteiger partial charge in [-0.15, -0.1) is 0 Å². The Morgan fingerprint density at radius 1 is 1.05 bits per heavy atom. The van der Waals surface area contributed by atoms with E-state index in [1.165, 1.54) is 5.56 Å². The molecule has 0 radical (unpaired) electrons. The first-order valence-corrected chi connectivity index (χ1v) is 7.68. The molecule has 0 spiro atoms. The van der Waals surface area contributed by atoms with E-state index in [-0.39, 0.29) is 5.78 Å². The van der Waals surface area contributed by atoms with Gasteiger partial charge in [-0.3, -0.25) is 9.79 Å². The molecule has 0 aromatic heterocycles. The molecule has 2 aromatic carbocycles. The Kier molecular flexibility index (Phi) is 5.45. The van der Waals surface area contributed by atoms with E-state index < -0.39 is 0 Å². The predicted octanol–water partition coefficient (Wildman–Crippen LogP) is 4.99. The van der Waals surface area contributed by atoms with Gasteiger partial charge < -0.3 is 0 Å². The number of aliphatic imine (C=N–C) groups is 1. The molecule has 0 N–H and O–H groups in total. The fourth-order valence-corrected chi connectivity index (χ4v) is 2.21. The zero-order chi connectivity index (χ0) is 15.2. The molecule has 21 heavy (non-hydrogen) atoms. The molecule has 0 unspecified atom stereocenters. The highest BCUT2D eigenvalue weighted by Crippen LogP contribution is 2.12. The van der Waals surface area contributed by atoms with Crippen molar-refractivity contribution in [2.24, 2.45) is 4.99 Å². The minimum absolute atomic E-state index is 0.104. The lowest BCUT2D eigenvalue weighted by atomic mass is 10.1. The van der Waals surface area contributed by atoms with E-state index in [1.54, 1.807) is 0 Å². The SMILES string of the molecule is CC(CC(=O)c1ccc(Br)cc1)=NCc1ccc(C)cc1. The summed E-state index contributed by atoms with van der Waals surface area (Å²) in [5, 5.41) is 0. The number of carbonyl (C=O) groups is 1. The fourth-order valence-electron chi connectivity index (χ4n) is 1.95. The third kappa shape index (κ3) is 4.94. The monoisotopic (exact) mass is 343 g/mol. The molecule has 0 fully saturated rings. The van der Waals surface area contributed by atoms with Gasteiger partial charge in [0.15, 0.2) is 5.78 Å². The Morgan fingerprint density at radius 3 is 2.29 bits per heavy atom. The van der Waals surface area contributed by atoms with Crippen LogP contribution in [0, 0.1) is 6.92 Å². The molecule has 108 valence electrons. The van der Waals surface area contributed by atoms with Crippen molar-refractivity contribution in [1.82, 2.24) is 0 Å². The maximum Gasteiger partial charge on any atom is 0.168 e. The van der Waals surface area contributed by atoms with Gasteiger partial charge in [0.05, 0.1) is 6.54 Å². The van der Waals surface area contributed by atoms with E-state index in [0.717, 1.165) is 21.3 Å². The Hall–Kier alpha value is -1.74. The van der Waals surface area contributed by atoms with Crippen LogP contribution in [0.2, 0.25) is 0 Å². The molecule has 0 atom stereocenters. The van der Waals surface area contributed by atoms with Crippen molar-refractivity contribution in [3.05, 3.63) is 69.7 Å². The molecule has 2 aromatic rings. The van der Waals surface area contributed by atoms with Gasteiger partial charge in [-0.2, -0.15) is 0 Å². The highest BCUT2D eigenvalue weighted by Gasteiger charge is 2.07. The molecule has 3 heteroatoms. The highest BCUT2D eigenvalue weighted by atomic mass is 79.9. The number of rotatable bonds is 5. The standard InChI is InChI=1S/C18H18BrNO/c1-13-3-5-15(6-4-13)12-20-14(2)11-18(21)16-7-9-17(19)10-8-16/h3-10H,11-12H2,1-2H3. The van der Waals surface area contributed by atoms with Gasteiger partial charge in [0.1, 0.15) is 0 Å². The molecule has 0 heterocycles. The molecule has 0 aliphatic heterocycles. The average molecular weight is 344 g/mol. The Balaban J connectivity index is 1.95. The maximum absolute atomic E-state index is 12.1. The van der Waals surface area contributed by atoms with Crippen molar-refractivity contribution in [3.8, 4) is 0 Å². The second-order valence-electron chi connectivity index (χ2n) is 5.14. The zero-order valence-electron chi connectivity index (χ0n) is 12.3. The molecule has 0 bridgehead atoms. The Morgan fingerprint density at radius 2 is 1.67 bits per heavy atom. The summed E-state index contributed by atoms with van der Waals surface area (Å²) in [4.78, 5) is 16.6. The number of hydrogen-bond donors (Lipinski definition) is 0. The molecule has 0 aliphatic rings. The number of nitrogens with zero attached hydrogens (tertiary/aromatic N) is 1. The van der Waals surface area contributed by atoms with E-state index in [4.69, 9.17) is 0 Å². The maximum atomic E-state index is 12.1. The van der Waals surface area contributed by atoms with Gasteiger partial charge in [-0.1, -0.05) is 57.9 Å². The van der Waals surface area contributed by atoms with Gasteiger partial charge in [0, 0.05) is 22.2 Å². The van der Waals surface area contributed by atoms with Crippen molar-refractivity contribution < 1.29 is 4.79 Å². The number of hydrogen-bond acceptors (Lipinski definition) is 2. The van der Waals surface area contributed by atoms with Crippen LogP contribution in [-0.2, 0) is 6.54 Å². The lowest BCUT2D eigenvalue weighted by Gasteiger charge is -2.03. The molecular weight excluding hydrogens is 326 g/mol. The quantitative estimate of drug-likeness (QED) is 0.555. The van der Waals surface area contributed by atoms with Crippen LogP contribution in [0.1, 0.15) is 34.8 Å². The third-order valence-corrected chi connectivity index (χ3v) is 3.76. The number of halogens is 1. The van der Waals surface area contributed by atoms with Crippen molar-refractivity contribution >= 4 is 27.4 Å². The molecule has 2 nitrogen and oxygen atoms in total. The molecule has 0 amide bonds. The summed E-state index contributed by atoms with van der Waals surface area (Å²) in [5.74, 6) is 0.104. The number of ketones is 1. The van der Waals surface area contributed by atoms with Crippen LogP contribution in [-0.4, -0.2) is 11.5 Å². The van der Waals surface area contributed by atoms with Crippen LogP contribution in [0.3, 0.4) is 0 Å². The van der Waals surface area contributed by atoms with Crippen LogP contribution in [0.15, 0.2) is 58.0 Å². The first-order valence-electron chi connectivity index (χ1n) is 6.89. The topological polar surface area (TPSA) is 29.4 Å². The first kappa shape index (κ1) is 15.6. The summed E-state index contributed by atoms with van der Waals surface area (Å²) >= 11 is 3.37. The molecular formula is C18H18BrNO. The van der Waals surface area contributed by atoms with Crippen LogP contribution in [0.5, 0.6) is 0 Å². The summed E-state index contributed by atoms with van der Waals surface area (Å²) < 4.78 is 0.976. The Labute approximate surface area is 134 Å². The zero-order valence-corrected chi connectivity index (χ0v) is 13.9. The van der Waals surface area contributed by atoms with Crippen molar-refractivity contribution in [3.63, 3.8) is 0 Å². The number of carbonyl (C=O) groups excluding carboxylic acids is 1. The molecule has 0 aliphatic carbocycles. The summed E-state index contributed by atoms with van der Waals surface area (Å²) in [6.45, 7) is 4.60. The summed E-state index contributed by atoms with van der Waals surface area (Å²) in [6.07, 6.45) is 0.369. The lowest BCUT2D eigenvalue weighted by Crippen LogP contribution is -2.05. The van der Waals surface area contributed by atoms with Crippen LogP contribution in [0.4, 0.5) is 0 Å². The normalized spacial score (nSPS) is 11.5. The van der Waals surface area contributed by atoms with Crippen molar-refractivity contribution in [2.75, 3.05) is 0 Å². The van der Waals surface area contributed by atoms with Crippen LogP contribution < -0.4 is 0 Å². The van der Waals surface area contributed by atoms with Gasteiger partial charge in [-0.05, 0) is 31.5 Å². The van der Waals surface area contributed by atoms with Crippen molar-refractivity contribution in [1.29, 1.82) is 0 Å². The smallest absolute Gasteiger partial charge is 0.168 e. The summed E-state index contributed by atoms with van der Waals surface area (Å²) in [7, 11) is 0. The fraction of sp³-hybridized carbons (Fsp3) is 0.222. The number of aryl methyl sites for hydroxylation is 1. The molecule has 2 rings (SSSR count). The largest absolute Gasteiger partial charge is 0.294 e. The second-order valence-corrected chi connectivity index (χ2v) is 6.06. The lowest BCUT2D eigenvalue weighted by molar-refractivity contribution is 0.100. The second kappa shape index (κ2) is 7.32. The van der Waals surface area contributed by atoms with E-state index in [0.29, 0.717) is 13.0 Å².